The molecule has 2 heterocycles. The average molecular weight is 379 g/mol. The van der Waals surface area contributed by atoms with Gasteiger partial charge >= 0.3 is 6.09 Å². The highest BCUT2D eigenvalue weighted by Crippen LogP contribution is 2.34. The number of rotatable bonds is 3. The second-order valence-corrected chi connectivity index (χ2v) is 7.76. The Morgan fingerprint density at radius 1 is 1.42 bits per heavy atom. The van der Waals surface area contributed by atoms with Crippen LogP contribution < -0.4 is 0 Å². The summed E-state index contributed by atoms with van der Waals surface area (Å²) in [6.45, 7) is 6.08. The lowest BCUT2D eigenvalue weighted by atomic mass is 9.79. The molecule has 1 aliphatic rings. The minimum Gasteiger partial charge on any atom is -0.444 e. The van der Waals surface area contributed by atoms with E-state index in [1.165, 1.54) is 4.90 Å². The van der Waals surface area contributed by atoms with Crippen molar-refractivity contribution < 1.29 is 14.3 Å². The maximum Gasteiger partial charge on any atom is 0.410 e. The first-order valence-electron chi connectivity index (χ1n) is 8.43. The molecule has 140 valence electrons. The number of amides is 2. The fourth-order valence-electron chi connectivity index (χ4n) is 2.73. The molecule has 2 amide bonds. The highest BCUT2D eigenvalue weighted by Gasteiger charge is 2.45. The van der Waals surface area contributed by atoms with Gasteiger partial charge in [0.15, 0.2) is 0 Å². The Kier molecular flexibility index (Phi) is 6.09. The number of aromatic nitrogens is 1. The molecule has 0 aromatic carbocycles. The molecule has 8 heteroatoms. The molecule has 7 nitrogen and oxygen atoms in total. The molecule has 1 aromatic heterocycles. The minimum atomic E-state index is -1.23. The smallest absolute Gasteiger partial charge is 0.410 e. The second-order valence-electron chi connectivity index (χ2n) is 7.35. The van der Waals surface area contributed by atoms with Gasteiger partial charge in [0.25, 0.3) is 5.91 Å². The molecule has 0 N–H and O–H groups in total. The molecular formula is C18H23ClN4O3. The standard InChI is InChI=1S/C18H23ClN4O3/c1-17(2,3)26-16(25)22-9-6-18(13-20,7-10-22)15(24)23(19)12-14-5-4-8-21-11-14/h4-5,8,11H,6-7,9-10,12H2,1-3H3. The average Bonchev–Trinajstić information content (AvgIpc) is 2.60. The Morgan fingerprint density at radius 2 is 2.08 bits per heavy atom. The van der Waals surface area contributed by atoms with Crippen LogP contribution >= 0.6 is 11.8 Å². The molecule has 0 aliphatic carbocycles. The Labute approximate surface area is 158 Å². The molecule has 0 bridgehead atoms. The van der Waals surface area contributed by atoms with E-state index in [4.69, 9.17) is 16.5 Å². The molecular weight excluding hydrogens is 356 g/mol. The number of piperidine rings is 1. The lowest BCUT2D eigenvalue weighted by molar-refractivity contribution is -0.136. The third-order valence-corrected chi connectivity index (χ3v) is 4.43. The van der Waals surface area contributed by atoms with E-state index in [0.29, 0.717) is 0 Å². The summed E-state index contributed by atoms with van der Waals surface area (Å²) in [6, 6.07) is 5.68. The van der Waals surface area contributed by atoms with Gasteiger partial charge in [-0.15, -0.1) is 0 Å². The van der Waals surface area contributed by atoms with Crippen LogP contribution in [0.15, 0.2) is 24.5 Å². The number of nitrogens with zero attached hydrogens (tertiary/aromatic N) is 4. The van der Waals surface area contributed by atoms with Crippen LogP contribution in [0, 0.1) is 16.7 Å². The van der Waals surface area contributed by atoms with Crippen molar-refractivity contribution in [1.29, 1.82) is 5.26 Å². The van der Waals surface area contributed by atoms with Crippen LogP contribution in [0.25, 0.3) is 0 Å². The minimum absolute atomic E-state index is 0.160. The molecule has 1 fully saturated rings. The largest absolute Gasteiger partial charge is 0.444 e. The van der Waals surface area contributed by atoms with Crippen LogP contribution in [0.4, 0.5) is 4.79 Å². The molecule has 1 aromatic rings. The van der Waals surface area contributed by atoms with Crippen LogP contribution in [-0.2, 0) is 16.1 Å². The molecule has 0 radical (unpaired) electrons. The van der Waals surface area contributed by atoms with Crippen LogP contribution in [0.1, 0.15) is 39.2 Å². The van der Waals surface area contributed by atoms with Crippen LogP contribution in [0.5, 0.6) is 0 Å². The van der Waals surface area contributed by atoms with Gasteiger partial charge in [-0.3, -0.25) is 9.78 Å². The third-order valence-electron chi connectivity index (χ3n) is 4.16. The van der Waals surface area contributed by atoms with E-state index in [2.05, 4.69) is 11.1 Å². The SMILES string of the molecule is CC(C)(C)OC(=O)N1CCC(C#N)(C(=O)N(Cl)Cc2cccnc2)CC1. The summed E-state index contributed by atoms with van der Waals surface area (Å²) in [7, 11) is 0. The molecule has 0 spiro atoms. The molecule has 1 aliphatic heterocycles. The van der Waals surface area contributed by atoms with Gasteiger partial charge in [0.2, 0.25) is 0 Å². The summed E-state index contributed by atoms with van der Waals surface area (Å²) in [6.07, 6.45) is 3.25. The van der Waals surface area contributed by atoms with Crippen molar-refractivity contribution in [3.63, 3.8) is 0 Å². The third kappa shape index (κ3) is 4.85. The predicted octanol–water partition coefficient (Wildman–Crippen LogP) is 3.10. The quantitative estimate of drug-likeness (QED) is 0.754. The Bertz CT molecular complexity index is 689. The maximum absolute atomic E-state index is 12.8. The van der Waals surface area contributed by atoms with Crippen LogP contribution in [0.3, 0.4) is 0 Å². The highest BCUT2D eigenvalue weighted by atomic mass is 35.5. The van der Waals surface area contributed by atoms with Gasteiger partial charge in [-0.2, -0.15) is 5.26 Å². The number of pyridine rings is 1. The molecule has 0 atom stereocenters. The van der Waals surface area contributed by atoms with Gasteiger partial charge in [0, 0.05) is 37.3 Å². The summed E-state index contributed by atoms with van der Waals surface area (Å²) in [5, 5.41) is 9.64. The van der Waals surface area contributed by atoms with Crippen molar-refractivity contribution in [1.82, 2.24) is 14.3 Å². The zero-order chi connectivity index (χ0) is 19.4. The van der Waals surface area contributed by atoms with Crippen molar-refractivity contribution in [2.24, 2.45) is 5.41 Å². The molecule has 1 saturated heterocycles. The summed E-state index contributed by atoms with van der Waals surface area (Å²) < 4.78 is 6.37. The van der Waals surface area contributed by atoms with Gasteiger partial charge in [0.1, 0.15) is 11.0 Å². The summed E-state index contributed by atoms with van der Waals surface area (Å²) in [4.78, 5) is 30.4. The monoisotopic (exact) mass is 378 g/mol. The van der Waals surface area contributed by atoms with Crippen molar-refractivity contribution in [3.8, 4) is 6.07 Å². The van der Waals surface area contributed by atoms with Gasteiger partial charge in [-0.1, -0.05) is 6.07 Å². The Hall–Kier alpha value is -2.33. The summed E-state index contributed by atoms with van der Waals surface area (Å²) in [5.41, 5.74) is -1.05. The maximum atomic E-state index is 12.8. The zero-order valence-electron chi connectivity index (χ0n) is 15.2. The molecule has 2 rings (SSSR count). The molecule has 0 unspecified atom stereocenters. The van der Waals surface area contributed by atoms with Gasteiger partial charge < -0.3 is 9.64 Å². The fraction of sp³-hybridized carbons (Fsp3) is 0.556. The number of halogens is 1. The number of hydrogen-bond acceptors (Lipinski definition) is 5. The number of carbonyl (C=O) groups excluding carboxylic acids is 2. The van der Waals surface area contributed by atoms with Crippen molar-refractivity contribution in [2.75, 3.05) is 13.1 Å². The van der Waals surface area contributed by atoms with Gasteiger partial charge in [-0.05, 0) is 45.2 Å². The lowest BCUT2D eigenvalue weighted by Gasteiger charge is -2.37. The van der Waals surface area contributed by atoms with Crippen molar-refractivity contribution in [3.05, 3.63) is 30.1 Å². The van der Waals surface area contributed by atoms with Gasteiger partial charge in [-0.25, -0.2) is 9.21 Å². The van der Waals surface area contributed by atoms with E-state index in [-0.39, 0.29) is 32.5 Å². The van der Waals surface area contributed by atoms with Gasteiger partial charge in [0.05, 0.1) is 12.6 Å². The summed E-state index contributed by atoms with van der Waals surface area (Å²) in [5.74, 6) is -0.450. The topological polar surface area (TPSA) is 86.5 Å². The number of likely N-dealkylation sites (tertiary alicyclic amines) is 1. The first-order chi connectivity index (χ1) is 12.2. The van der Waals surface area contributed by atoms with Crippen LogP contribution in [-0.4, -0.2) is 45.0 Å². The fourth-order valence-corrected chi connectivity index (χ4v) is 3.03. The molecule has 0 saturated carbocycles. The van der Waals surface area contributed by atoms with Crippen LogP contribution in [0.2, 0.25) is 0 Å². The first-order valence-corrected chi connectivity index (χ1v) is 8.76. The lowest BCUT2D eigenvalue weighted by Crippen LogP contribution is -2.49. The first kappa shape index (κ1) is 20.0. The summed E-state index contributed by atoms with van der Waals surface area (Å²) >= 11 is 6.15. The Balaban J connectivity index is 2.00. The second kappa shape index (κ2) is 7.92. The Morgan fingerprint density at radius 3 is 2.58 bits per heavy atom. The van der Waals surface area contributed by atoms with E-state index >= 15 is 0 Å². The number of hydrogen-bond donors (Lipinski definition) is 0. The van der Waals surface area contributed by atoms with E-state index < -0.39 is 23.0 Å². The van der Waals surface area contributed by atoms with E-state index in [0.717, 1.165) is 9.98 Å². The number of carbonyl (C=O) groups is 2. The molecule has 26 heavy (non-hydrogen) atoms. The predicted molar refractivity (Wildman–Crippen MR) is 95.7 cm³/mol. The van der Waals surface area contributed by atoms with E-state index in [1.807, 2.05) is 0 Å². The van der Waals surface area contributed by atoms with Crippen molar-refractivity contribution in [2.45, 2.75) is 45.8 Å². The number of ether oxygens (including phenoxy) is 1. The van der Waals surface area contributed by atoms with E-state index in [9.17, 15) is 14.9 Å². The number of nitriles is 1. The zero-order valence-corrected chi connectivity index (χ0v) is 16.0. The van der Waals surface area contributed by atoms with Crippen molar-refractivity contribution >= 4 is 23.8 Å². The normalized spacial score (nSPS) is 16.5. The highest BCUT2D eigenvalue weighted by molar-refractivity contribution is 6.22. The van der Waals surface area contributed by atoms with E-state index in [1.54, 1.807) is 45.3 Å².